The largest absolute Gasteiger partial charge is 0.339 e. The summed E-state index contributed by atoms with van der Waals surface area (Å²) in [6, 6.07) is 14.2. The number of thioether (sulfide) groups is 1. The summed E-state index contributed by atoms with van der Waals surface area (Å²) in [6.45, 7) is 4.65. The van der Waals surface area contributed by atoms with Crippen molar-refractivity contribution in [2.75, 3.05) is 17.7 Å². The van der Waals surface area contributed by atoms with Gasteiger partial charge >= 0.3 is 0 Å². The number of carbonyl (C=O) groups is 1. The summed E-state index contributed by atoms with van der Waals surface area (Å²) in [5.41, 5.74) is 4.15. The van der Waals surface area contributed by atoms with Crippen molar-refractivity contribution in [3.63, 3.8) is 0 Å². The van der Waals surface area contributed by atoms with Crippen molar-refractivity contribution in [2.45, 2.75) is 31.1 Å². The van der Waals surface area contributed by atoms with Crippen molar-refractivity contribution in [1.29, 1.82) is 0 Å². The van der Waals surface area contributed by atoms with E-state index >= 15 is 0 Å². The quantitative estimate of drug-likeness (QED) is 0.620. The highest BCUT2D eigenvalue weighted by molar-refractivity contribution is 7.98. The molecule has 4 rings (SSSR count). The number of nitrogens with zero attached hydrogens (tertiary/aromatic N) is 3. The van der Waals surface area contributed by atoms with Gasteiger partial charge in [0.1, 0.15) is 0 Å². The summed E-state index contributed by atoms with van der Waals surface area (Å²) in [7, 11) is 0. The van der Waals surface area contributed by atoms with Gasteiger partial charge in [-0.2, -0.15) is 4.98 Å². The van der Waals surface area contributed by atoms with E-state index in [9.17, 15) is 4.79 Å². The second-order valence-corrected chi connectivity index (χ2v) is 7.82. The Hall–Kier alpha value is -2.60. The van der Waals surface area contributed by atoms with Gasteiger partial charge in [0.15, 0.2) is 0 Å². The number of aryl methyl sites for hydroxylation is 2. The molecule has 0 N–H and O–H groups in total. The lowest BCUT2D eigenvalue weighted by Gasteiger charge is -2.17. The number of carbonyl (C=O) groups excluding carboxylic acids is 1. The van der Waals surface area contributed by atoms with Gasteiger partial charge in [-0.05, 0) is 67.6 Å². The van der Waals surface area contributed by atoms with Gasteiger partial charge in [0.2, 0.25) is 17.6 Å². The molecule has 2 heterocycles. The highest BCUT2D eigenvalue weighted by Crippen LogP contribution is 2.33. The molecule has 1 fully saturated rings. The zero-order chi connectivity index (χ0) is 19.0. The van der Waals surface area contributed by atoms with Crippen LogP contribution < -0.4 is 4.90 Å². The number of aromatic nitrogens is 2. The van der Waals surface area contributed by atoms with Crippen LogP contribution in [0, 0.1) is 13.8 Å². The Balaban J connectivity index is 1.54. The molecule has 2 aromatic carbocycles. The topological polar surface area (TPSA) is 59.2 Å². The number of benzene rings is 2. The van der Waals surface area contributed by atoms with Crippen LogP contribution in [0.15, 0.2) is 51.9 Å². The van der Waals surface area contributed by atoms with E-state index < -0.39 is 0 Å². The molecule has 138 valence electrons. The van der Waals surface area contributed by atoms with Crippen molar-refractivity contribution in [3.8, 4) is 11.4 Å². The fraction of sp³-hybridized carbons (Fsp3) is 0.286. The molecule has 0 aliphatic carbocycles. The smallest absolute Gasteiger partial charge is 0.232 e. The van der Waals surface area contributed by atoms with Gasteiger partial charge in [-0.3, -0.25) is 4.79 Å². The molecule has 3 aromatic rings. The lowest BCUT2D eigenvalue weighted by molar-refractivity contribution is -0.117. The average Bonchev–Trinajstić information content (AvgIpc) is 3.28. The Morgan fingerprint density at radius 3 is 2.48 bits per heavy atom. The lowest BCUT2D eigenvalue weighted by atomic mass is 10.1. The van der Waals surface area contributed by atoms with Crippen LogP contribution in [0.2, 0.25) is 0 Å². The van der Waals surface area contributed by atoms with Crippen molar-refractivity contribution >= 4 is 23.4 Å². The number of hydrogen-bond acceptors (Lipinski definition) is 5. The zero-order valence-corrected chi connectivity index (χ0v) is 16.4. The molecule has 1 amide bonds. The first-order valence-electron chi connectivity index (χ1n) is 8.90. The maximum atomic E-state index is 12.6. The van der Waals surface area contributed by atoms with Gasteiger partial charge in [-0.1, -0.05) is 11.2 Å². The molecule has 0 radical (unpaired) electrons. The van der Waals surface area contributed by atoms with Crippen molar-refractivity contribution < 1.29 is 9.32 Å². The Labute approximate surface area is 162 Å². The molecular formula is C21H21N3O2S. The third kappa shape index (κ3) is 3.62. The average molecular weight is 379 g/mol. The third-order valence-corrected chi connectivity index (χ3v) is 5.53. The van der Waals surface area contributed by atoms with Crippen LogP contribution in [0.4, 0.5) is 5.69 Å². The van der Waals surface area contributed by atoms with E-state index in [4.69, 9.17) is 4.52 Å². The minimum absolute atomic E-state index is 0.0787. The molecule has 1 aliphatic heterocycles. The van der Waals surface area contributed by atoms with Crippen LogP contribution in [0.5, 0.6) is 0 Å². The van der Waals surface area contributed by atoms with Crippen molar-refractivity contribution in [1.82, 2.24) is 10.1 Å². The minimum atomic E-state index is -0.0787. The standard InChI is InChI=1S/C21H21N3O2S/c1-13-8-14(2)10-17(9-13)24-12-16(11-19(24)25)21-22-20(23-26-21)15-4-6-18(27-3)7-5-15/h4-10,16H,11-12H2,1-3H3. The normalized spacial score (nSPS) is 16.9. The summed E-state index contributed by atoms with van der Waals surface area (Å²) >= 11 is 1.69. The lowest BCUT2D eigenvalue weighted by Crippen LogP contribution is -2.24. The Morgan fingerprint density at radius 2 is 1.81 bits per heavy atom. The monoisotopic (exact) mass is 379 g/mol. The molecule has 27 heavy (non-hydrogen) atoms. The van der Waals surface area contributed by atoms with E-state index in [0.29, 0.717) is 24.7 Å². The molecule has 5 nitrogen and oxygen atoms in total. The van der Waals surface area contributed by atoms with E-state index in [2.05, 4.69) is 16.2 Å². The van der Waals surface area contributed by atoms with Crippen LogP contribution in [0.1, 0.15) is 29.4 Å². The minimum Gasteiger partial charge on any atom is -0.339 e. The predicted octanol–water partition coefficient (Wildman–Crippen LogP) is 4.60. The fourth-order valence-corrected chi connectivity index (χ4v) is 3.90. The highest BCUT2D eigenvalue weighted by atomic mass is 32.2. The molecule has 6 heteroatoms. The van der Waals surface area contributed by atoms with Crippen LogP contribution in [-0.4, -0.2) is 28.8 Å². The summed E-state index contributed by atoms with van der Waals surface area (Å²) in [5, 5.41) is 4.11. The molecular weight excluding hydrogens is 358 g/mol. The second kappa shape index (κ2) is 7.19. The van der Waals surface area contributed by atoms with E-state index in [0.717, 1.165) is 22.4 Å². The van der Waals surface area contributed by atoms with Crippen molar-refractivity contribution in [3.05, 3.63) is 59.5 Å². The molecule has 1 aliphatic rings. The first kappa shape index (κ1) is 17.8. The zero-order valence-electron chi connectivity index (χ0n) is 15.6. The van der Waals surface area contributed by atoms with Crippen LogP contribution in [0.3, 0.4) is 0 Å². The molecule has 1 saturated heterocycles. The van der Waals surface area contributed by atoms with Gasteiger partial charge in [0, 0.05) is 29.1 Å². The number of amides is 1. The second-order valence-electron chi connectivity index (χ2n) is 6.94. The number of anilines is 1. The van der Waals surface area contributed by atoms with E-state index in [-0.39, 0.29) is 11.8 Å². The molecule has 0 saturated carbocycles. The van der Waals surface area contributed by atoms with Crippen LogP contribution in [-0.2, 0) is 4.79 Å². The molecule has 0 spiro atoms. The van der Waals surface area contributed by atoms with E-state index in [1.54, 1.807) is 11.8 Å². The number of hydrogen-bond donors (Lipinski definition) is 0. The summed E-state index contributed by atoms with van der Waals surface area (Å²) in [6.07, 6.45) is 2.43. The van der Waals surface area contributed by atoms with Gasteiger partial charge in [-0.15, -0.1) is 11.8 Å². The summed E-state index contributed by atoms with van der Waals surface area (Å²) in [5.74, 6) is 1.10. The molecule has 1 atom stereocenters. The first-order chi connectivity index (χ1) is 13.0. The third-order valence-electron chi connectivity index (χ3n) is 4.78. The molecule has 0 bridgehead atoms. The van der Waals surface area contributed by atoms with E-state index in [1.807, 2.05) is 61.4 Å². The van der Waals surface area contributed by atoms with Crippen molar-refractivity contribution in [2.24, 2.45) is 0 Å². The van der Waals surface area contributed by atoms with Crippen LogP contribution >= 0.6 is 11.8 Å². The maximum absolute atomic E-state index is 12.6. The van der Waals surface area contributed by atoms with Gasteiger partial charge in [0.05, 0.1) is 5.92 Å². The first-order valence-corrected chi connectivity index (χ1v) is 10.1. The Morgan fingerprint density at radius 1 is 1.11 bits per heavy atom. The predicted molar refractivity (Wildman–Crippen MR) is 107 cm³/mol. The SMILES string of the molecule is CSc1ccc(-c2noc(C3CC(=O)N(c4cc(C)cc(C)c4)C3)n2)cc1. The molecule has 1 aromatic heterocycles. The van der Waals surface area contributed by atoms with Gasteiger partial charge in [-0.25, -0.2) is 0 Å². The van der Waals surface area contributed by atoms with Crippen LogP contribution in [0.25, 0.3) is 11.4 Å². The maximum Gasteiger partial charge on any atom is 0.232 e. The Kier molecular flexibility index (Phi) is 4.74. The van der Waals surface area contributed by atoms with E-state index in [1.165, 1.54) is 4.90 Å². The fourth-order valence-electron chi connectivity index (χ4n) is 3.49. The Bertz CT molecular complexity index is 961. The van der Waals surface area contributed by atoms with Gasteiger partial charge in [0.25, 0.3) is 0 Å². The summed E-state index contributed by atoms with van der Waals surface area (Å²) < 4.78 is 5.49. The summed E-state index contributed by atoms with van der Waals surface area (Å²) in [4.78, 5) is 20.1. The van der Waals surface area contributed by atoms with Gasteiger partial charge < -0.3 is 9.42 Å². The highest BCUT2D eigenvalue weighted by Gasteiger charge is 2.35. The molecule has 1 unspecified atom stereocenters. The number of rotatable bonds is 4.